The van der Waals surface area contributed by atoms with Gasteiger partial charge in [0.25, 0.3) is 0 Å². The van der Waals surface area contributed by atoms with E-state index in [1.54, 1.807) is 0 Å². The van der Waals surface area contributed by atoms with Crippen LogP contribution in [0.25, 0.3) is 0 Å². The second-order valence-corrected chi connectivity index (χ2v) is 15.2. The lowest BCUT2D eigenvalue weighted by Gasteiger charge is -2.56. The SMILES string of the molecule is C1OC2CNC1C2.[B][B]B([B])B(B([B])[B])B(B(B([B])[B])B([B])[B])B(B(B(B([B])[B])B([B])[B])B(B([B])[B])B([B])[B])B(B(B([B])[B])B([B])[B])B(B([B])[B])B([B])[B]. The summed E-state index contributed by atoms with van der Waals surface area (Å²) in [4.78, 5) is 0. The summed E-state index contributed by atoms with van der Waals surface area (Å²) in [6.07, 6.45) is -25.1. The molecular formula is C5H9B47NO. The van der Waals surface area contributed by atoms with Crippen molar-refractivity contribution in [3.8, 4) is 0 Å². The number of hydrogen-bond acceptors (Lipinski definition) is 2. The van der Waals surface area contributed by atoms with Crippen LogP contribution >= 0.6 is 0 Å². The Kier molecular flexibility index (Phi) is 26.3. The Bertz CT molecular complexity index is 855. The fraction of sp³-hybridized carbons (Fsp3) is 1.00. The molecular weight excluding hydrogens is 598 g/mol. The third-order valence-corrected chi connectivity index (χ3v) is 11.3. The van der Waals surface area contributed by atoms with Crippen LogP contribution in [0.2, 0.25) is 0 Å². The van der Waals surface area contributed by atoms with Crippen molar-refractivity contribution in [3.05, 3.63) is 0 Å². The minimum Gasteiger partial charge on any atom is -0.375 e. The average Bonchev–Trinajstić information content (AvgIpc) is 3.66. The molecule has 49 heteroatoms. The van der Waals surface area contributed by atoms with Gasteiger partial charge in [0.2, 0.25) is 0 Å². The predicted molar refractivity (Wildman–Crippen MR) is 297 cm³/mol. The summed E-state index contributed by atoms with van der Waals surface area (Å²) < 4.78 is 5.29. The first-order chi connectivity index (χ1) is 24.8. The van der Waals surface area contributed by atoms with Crippen LogP contribution in [-0.4, -0.2) is 359 Å². The smallest absolute Gasteiger partial charge is 0.0716 e. The van der Waals surface area contributed by atoms with Crippen molar-refractivity contribution in [1.82, 2.24) is 5.32 Å². The lowest BCUT2D eigenvalue weighted by Crippen LogP contribution is -2.94. The van der Waals surface area contributed by atoms with E-state index in [1.807, 2.05) is 0 Å². The van der Waals surface area contributed by atoms with Crippen LogP contribution < -0.4 is 5.32 Å². The van der Waals surface area contributed by atoms with Crippen LogP contribution in [0.5, 0.6) is 0 Å². The quantitative estimate of drug-likeness (QED) is 0.124. The summed E-state index contributed by atoms with van der Waals surface area (Å²) >= 11 is 0. The van der Waals surface area contributed by atoms with Crippen LogP contribution in [0.15, 0.2) is 0 Å². The van der Waals surface area contributed by atoms with Crippen molar-refractivity contribution in [2.75, 3.05) is 13.2 Å². The van der Waals surface area contributed by atoms with Crippen molar-refractivity contribution < 1.29 is 4.74 Å². The van der Waals surface area contributed by atoms with Crippen LogP contribution in [0.4, 0.5) is 0 Å². The maximum absolute atomic E-state index is 6.58. The molecule has 49 radical (unpaired) electrons. The molecule has 0 amide bonds. The Balaban J connectivity index is 0.00000182. The van der Waals surface area contributed by atoms with Crippen LogP contribution in [-0.2, 0) is 4.74 Å². The van der Waals surface area contributed by atoms with Crippen LogP contribution in [0.1, 0.15) is 6.42 Å². The fourth-order valence-electron chi connectivity index (χ4n) is 9.11. The molecule has 0 aliphatic carbocycles. The van der Waals surface area contributed by atoms with Gasteiger partial charge in [0.15, 0.2) is 0 Å². The molecule has 2 heterocycles. The first-order valence-corrected chi connectivity index (χ1v) is 18.1. The zero-order chi connectivity index (χ0) is 42.1. The van der Waals surface area contributed by atoms with Gasteiger partial charge in [-0.05, 0) is 6.42 Å². The number of rotatable bonds is 22. The predicted octanol–water partition coefficient (Wildman–Crippen LogP) is -18.2. The lowest BCUT2D eigenvalue weighted by molar-refractivity contribution is 0.0892. The van der Waals surface area contributed by atoms with Gasteiger partial charge in [-0.1, -0.05) is 0 Å². The molecule has 2 nitrogen and oxygen atoms in total. The van der Waals surface area contributed by atoms with E-state index in [2.05, 4.69) is 5.32 Å². The van der Waals surface area contributed by atoms with Crippen molar-refractivity contribution in [2.24, 2.45) is 0 Å². The monoisotopic (exact) mass is 617 g/mol. The molecule has 2 unspecified atom stereocenters. The maximum atomic E-state index is 6.58. The highest BCUT2D eigenvalue weighted by Crippen LogP contribution is 2.21. The molecule has 2 aliphatic heterocycles. The van der Waals surface area contributed by atoms with Gasteiger partial charge in [-0.25, -0.2) is 0 Å². The molecule has 2 bridgehead atoms. The van der Waals surface area contributed by atoms with E-state index < -0.39 is 140 Å². The number of fused-ring (bicyclic) bond motifs is 2. The van der Waals surface area contributed by atoms with Gasteiger partial charge in [0, 0.05) is 346 Å². The number of nitrogens with one attached hydrogen (secondary N) is 1. The van der Waals surface area contributed by atoms with E-state index in [9.17, 15) is 0 Å². The lowest BCUT2D eigenvalue weighted by atomic mass is 8.25. The molecule has 181 valence electrons. The Morgan fingerprint density at radius 3 is 0.741 bits per heavy atom. The Morgan fingerprint density at radius 2 is 0.611 bits per heavy atom. The van der Waals surface area contributed by atoms with Crippen LogP contribution in [0, 0.1) is 0 Å². The first kappa shape index (κ1) is 55.0. The normalized spacial score (nSPS) is 14.6. The highest BCUT2D eigenvalue weighted by molar-refractivity contribution is 8.34. The molecule has 1 N–H and O–H groups in total. The van der Waals surface area contributed by atoms with E-state index in [0.29, 0.717) is 12.1 Å². The molecule has 2 atom stereocenters. The third-order valence-electron chi connectivity index (χ3n) is 11.3. The minimum absolute atomic E-state index is 0.560. The zero-order valence-corrected chi connectivity index (χ0v) is 31.3. The second kappa shape index (κ2) is 25.8. The van der Waals surface area contributed by atoms with Gasteiger partial charge in [0.1, 0.15) is 0 Å². The molecule has 0 aromatic heterocycles. The van der Waals surface area contributed by atoms with Gasteiger partial charge in [-0.15, -0.1) is 0 Å². The van der Waals surface area contributed by atoms with Gasteiger partial charge in [-0.2, -0.15) is 0 Å². The molecule has 0 saturated carbocycles. The fourth-order valence-corrected chi connectivity index (χ4v) is 9.11. The maximum Gasteiger partial charge on any atom is 0.0716 e. The van der Waals surface area contributed by atoms with E-state index in [-0.39, 0.29) is 0 Å². The molecule has 0 aromatic rings. The topological polar surface area (TPSA) is 21.3 Å². The van der Waals surface area contributed by atoms with Crippen molar-refractivity contribution in [3.63, 3.8) is 0 Å². The highest BCUT2D eigenvalue weighted by atomic mass is 16.5. The molecule has 54 heavy (non-hydrogen) atoms. The molecule has 2 aliphatic rings. The first-order valence-electron chi connectivity index (χ1n) is 18.1. The van der Waals surface area contributed by atoms with Crippen molar-refractivity contribution in [1.29, 1.82) is 0 Å². The van der Waals surface area contributed by atoms with Gasteiger partial charge < -0.3 is 10.1 Å². The molecule has 2 rings (SSSR count). The standard InChI is InChI=1S/C5H9NO.B47/c1-4-3-7-5(1)2-6-4;1-25-37(24)43(36(22)23)46(42(34(18)19)35(20)21)47(44(38(26(2)3)27(4)5)39(28(6)7)29(8)9)45(40(30(10)11)31(12)13)41(32(14)15)33(16)17/h4-6H,1-3H2;. The van der Waals surface area contributed by atoms with Crippen molar-refractivity contribution >= 4 is 333 Å². The molecule has 0 aromatic carbocycles. The Labute approximate surface area is 372 Å². The molecule has 0 spiro atoms. The van der Waals surface area contributed by atoms with E-state index in [1.165, 1.54) is 6.42 Å². The zero-order valence-electron chi connectivity index (χ0n) is 31.3. The highest BCUT2D eigenvalue weighted by Gasteiger charge is 2.59. The third kappa shape index (κ3) is 15.1. The number of hydrogen-bond donors (Lipinski definition) is 1. The number of morpholine rings is 1. The van der Waals surface area contributed by atoms with E-state index >= 15 is 0 Å². The minimum atomic E-state index is -1.30. The average molecular weight is 607 g/mol. The van der Waals surface area contributed by atoms with E-state index in [0.717, 1.165) is 20.2 Å². The van der Waals surface area contributed by atoms with Crippen LogP contribution in [0.3, 0.4) is 0 Å². The number of ether oxygens (including phenoxy) is 1. The van der Waals surface area contributed by atoms with Gasteiger partial charge in [0.05, 0.1) is 12.7 Å². The molecule has 2 fully saturated rings. The Morgan fingerprint density at radius 1 is 0.370 bits per heavy atom. The van der Waals surface area contributed by atoms with Gasteiger partial charge >= 0.3 is 0 Å². The largest absolute Gasteiger partial charge is 0.375 e. The summed E-state index contributed by atoms with van der Waals surface area (Å²) in [6.45, 7) is 2.04. The van der Waals surface area contributed by atoms with Crippen molar-refractivity contribution in [2.45, 2.75) is 18.6 Å². The van der Waals surface area contributed by atoms with Gasteiger partial charge in [-0.3, -0.25) is 0 Å². The summed E-state index contributed by atoms with van der Waals surface area (Å²) in [5.74, 6) is 0. The second-order valence-electron chi connectivity index (χ2n) is 15.2. The summed E-state index contributed by atoms with van der Waals surface area (Å²) in [7, 11) is 154. The summed E-state index contributed by atoms with van der Waals surface area (Å²) in [5, 5.41) is 3.33. The molecule has 2 saturated heterocycles. The van der Waals surface area contributed by atoms with E-state index in [4.69, 9.17) is 190 Å². The summed E-state index contributed by atoms with van der Waals surface area (Å²) in [5.41, 5.74) is 0. The Hall–Kier alpha value is 2.97. The summed E-state index contributed by atoms with van der Waals surface area (Å²) in [6, 6.07) is 0.699.